The van der Waals surface area contributed by atoms with Gasteiger partial charge in [0.15, 0.2) is 5.96 Å². The SMILES string of the molecule is CN=C(NCCc1ccc2ccccc2n1)NCC1CCCS1.I. The van der Waals surface area contributed by atoms with E-state index >= 15 is 0 Å². The average molecular weight is 456 g/mol. The maximum Gasteiger partial charge on any atom is 0.191 e. The van der Waals surface area contributed by atoms with Gasteiger partial charge in [-0.05, 0) is 30.7 Å². The maximum absolute atomic E-state index is 4.70. The molecule has 2 N–H and O–H groups in total. The number of hydrogen-bond donors (Lipinski definition) is 2. The average Bonchev–Trinajstić information content (AvgIpc) is 3.11. The summed E-state index contributed by atoms with van der Waals surface area (Å²) in [5.74, 6) is 2.18. The molecule has 0 amide bonds. The predicted octanol–water partition coefficient (Wildman–Crippen LogP) is 3.46. The molecule has 1 unspecified atom stereocenters. The van der Waals surface area contributed by atoms with Crippen molar-refractivity contribution in [2.75, 3.05) is 25.9 Å². The zero-order valence-electron chi connectivity index (χ0n) is 14.0. The minimum absolute atomic E-state index is 0. The van der Waals surface area contributed by atoms with Crippen molar-refractivity contribution >= 4 is 52.6 Å². The number of para-hydroxylation sites is 1. The first-order valence-corrected chi connectivity index (χ1v) is 9.31. The molecule has 0 bridgehead atoms. The van der Waals surface area contributed by atoms with Crippen LogP contribution < -0.4 is 10.6 Å². The number of guanidine groups is 1. The van der Waals surface area contributed by atoms with Crippen molar-refractivity contribution in [3.63, 3.8) is 0 Å². The lowest BCUT2D eigenvalue weighted by molar-refractivity contribution is 0.723. The second kappa shape index (κ2) is 10.1. The van der Waals surface area contributed by atoms with Crippen LogP contribution in [0.3, 0.4) is 0 Å². The van der Waals surface area contributed by atoms with Gasteiger partial charge in [0, 0.05) is 42.9 Å². The number of pyridine rings is 1. The highest BCUT2D eigenvalue weighted by Gasteiger charge is 2.15. The third-order valence-corrected chi connectivity index (χ3v) is 5.47. The molecule has 1 aliphatic heterocycles. The van der Waals surface area contributed by atoms with Crippen molar-refractivity contribution in [1.82, 2.24) is 15.6 Å². The van der Waals surface area contributed by atoms with Gasteiger partial charge in [-0.25, -0.2) is 0 Å². The lowest BCUT2D eigenvalue weighted by atomic mass is 10.2. The minimum Gasteiger partial charge on any atom is -0.356 e. The standard InChI is InChI=1S/C18H24N4S.HI/c1-19-18(21-13-16-6-4-12-23-16)20-11-10-15-9-8-14-5-2-3-7-17(14)22-15;/h2-3,5,7-9,16H,4,6,10-13H2,1H3,(H2,19,20,21);1H. The van der Waals surface area contributed by atoms with Crippen LogP contribution in [0.15, 0.2) is 41.4 Å². The highest BCUT2D eigenvalue weighted by Crippen LogP contribution is 2.25. The van der Waals surface area contributed by atoms with Gasteiger partial charge in [-0.2, -0.15) is 11.8 Å². The predicted molar refractivity (Wildman–Crippen MR) is 116 cm³/mol. The molecular formula is C18H25IN4S. The zero-order valence-corrected chi connectivity index (χ0v) is 17.1. The molecule has 6 heteroatoms. The van der Waals surface area contributed by atoms with Crippen LogP contribution in [0, 0.1) is 0 Å². The number of nitrogens with zero attached hydrogens (tertiary/aromatic N) is 2. The molecule has 0 radical (unpaired) electrons. The molecule has 0 spiro atoms. The zero-order chi connectivity index (χ0) is 15.9. The lowest BCUT2D eigenvalue weighted by Crippen LogP contribution is -2.40. The number of halogens is 1. The second-order valence-corrected chi connectivity index (χ2v) is 7.17. The maximum atomic E-state index is 4.70. The van der Waals surface area contributed by atoms with Gasteiger partial charge >= 0.3 is 0 Å². The van der Waals surface area contributed by atoms with Gasteiger partial charge in [-0.15, -0.1) is 24.0 Å². The molecule has 130 valence electrons. The van der Waals surface area contributed by atoms with E-state index in [1.165, 1.54) is 24.0 Å². The third kappa shape index (κ3) is 5.51. The molecule has 4 nitrogen and oxygen atoms in total. The van der Waals surface area contributed by atoms with E-state index in [0.717, 1.165) is 41.9 Å². The molecule has 1 fully saturated rings. The Labute approximate surface area is 165 Å². The summed E-state index contributed by atoms with van der Waals surface area (Å²) in [7, 11) is 1.82. The largest absolute Gasteiger partial charge is 0.356 e. The summed E-state index contributed by atoms with van der Waals surface area (Å²) in [5.41, 5.74) is 2.17. The van der Waals surface area contributed by atoms with Gasteiger partial charge in [-0.3, -0.25) is 9.98 Å². The Morgan fingerprint density at radius 1 is 1.25 bits per heavy atom. The number of nitrogens with one attached hydrogen (secondary N) is 2. The van der Waals surface area contributed by atoms with Crippen LogP contribution in [-0.4, -0.2) is 42.1 Å². The first-order valence-electron chi connectivity index (χ1n) is 8.26. The Kier molecular flexibility index (Phi) is 8.11. The number of aromatic nitrogens is 1. The second-order valence-electron chi connectivity index (χ2n) is 5.76. The van der Waals surface area contributed by atoms with Crippen molar-refractivity contribution in [2.45, 2.75) is 24.5 Å². The Bertz CT molecular complexity index is 671. The van der Waals surface area contributed by atoms with Crippen molar-refractivity contribution < 1.29 is 0 Å². The summed E-state index contributed by atoms with van der Waals surface area (Å²) < 4.78 is 0. The number of thioether (sulfide) groups is 1. The Hall–Kier alpha value is -1.02. The summed E-state index contributed by atoms with van der Waals surface area (Å²) in [6.45, 7) is 1.83. The Morgan fingerprint density at radius 3 is 2.92 bits per heavy atom. The molecule has 1 aromatic heterocycles. The topological polar surface area (TPSA) is 49.3 Å². The number of hydrogen-bond acceptors (Lipinski definition) is 3. The molecule has 3 rings (SSSR count). The van der Waals surface area contributed by atoms with E-state index in [-0.39, 0.29) is 24.0 Å². The molecular weight excluding hydrogens is 431 g/mol. The summed E-state index contributed by atoms with van der Waals surface area (Å²) in [5, 5.41) is 8.73. The normalized spacial score (nSPS) is 17.5. The number of benzene rings is 1. The van der Waals surface area contributed by atoms with Crippen LogP contribution in [-0.2, 0) is 6.42 Å². The van der Waals surface area contributed by atoms with Gasteiger partial charge < -0.3 is 10.6 Å². The summed E-state index contributed by atoms with van der Waals surface area (Å²) in [6, 6.07) is 12.5. The van der Waals surface area contributed by atoms with E-state index in [1.807, 2.05) is 19.2 Å². The molecule has 2 aromatic rings. The third-order valence-electron chi connectivity index (χ3n) is 4.07. The molecule has 1 saturated heterocycles. The molecule has 0 saturated carbocycles. The monoisotopic (exact) mass is 456 g/mol. The number of fused-ring (bicyclic) bond motifs is 1. The van der Waals surface area contributed by atoms with E-state index in [1.54, 1.807) is 0 Å². The van der Waals surface area contributed by atoms with Crippen LogP contribution in [0.25, 0.3) is 10.9 Å². The van der Waals surface area contributed by atoms with Crippen LogP contribution in [0.1, 0.15) is 18.5 Å². The molecule has 24 heavy (non-hydrogen) atoms. The van der Waals surface area contributed by atoms with E-state index in [9.17, 15) is 0 Å². The van der Waals surface area contributed by atoms with Gasteiger partial charge in [0.05, 0.1) is 5.52 Å². The highest BCUT2D eigenvalue weighted by molar-refractivity contribution is 14.0. The first-order chi connectivity index (χ1) is 11.3. The van der Waals surface area contributed by atoms with Crippen LogP contribution in [0.4, 0.5) is 0 Å². The number of rotatable bonds is 5. The van der Waals surface area contributed by atoms with Crippen LogP contribution >= 0.6 is 35.7 Å². The smallest absolute Gasteiger partial charge is 0.191 e. The van der Waals surface area contributed by atoms with Gasteiger partial charge in [0.2, 0.25) is 0 Å². The van der Waals surface area contributed by atoms with Gasteiger partial charge in [0.1, 0.15) is 0 Å². The van der Waals surface area contributed by atoms with Crippen molar-refractivity contribution in [2.24, 2.45) is 4.99 Å². The van der Waals surface area contributed by atoms with Crippen molar-refractivity contribution in [3.8, 4) is 0 Å². The molecule has 1 aliphatic rings. The van der Waals surface area contributed by atoms with Crippen molar-refractivity contribution in [1.29, 1.82) is 0 Å². The fourth-order valence-electron chi connectivity index (χ4n) is 2.79. The van der Waals surface area contributed by atoms with E-state index in [0.29, 0.717) is 0 Å². The highest BCUT2D eigenvalue weighted by atomic mass is 127. The van der Waals surface area contributed by atoms with E-state index in [2.05, 4.69) is 51.7 Å². The van der Waals surface area contributed by atoms with Crippen LogP contribution in [0.2, 0.25) is 0 Å². The fourth-order valence-corrected chi connectivity index (χ4v) is 3.99. The summed E-state index contributed by atoms with van der Waals surface area (Å²) in [4.78, 5) is 9.00. The molecule has 0 aliphatic carbocycles. The van der Waals surface area contributed by atoms with Crippen LogP contribution in [0.5, 0.6) is 0 Å². The summed E-state index contributed by atoms with van der Waals surface area (Å²) >= 11 is 2.06. The molecule has 2 heterocycles. The van der Waals surface area contributed by atoms with Gasteiger partial charge in [-0.1, -0.05) is 24.3 Å². The summed E-state index contributed by atoms with van der Waals surface area (Å²) in [6.07, 6.45) is 3.55. The number of aliphatic imine (C=N–C) groups is 1. The van der Waals surface area contributed by atoms with E-state index in [4.69, 9.17) is 4.98 Å². The van der Waals surface area contributed by atoms with E-state index < -0.39 is 0 Å². The lowest BCUT2D eigenvalue weighted by Gasteiger charge is -2.14. The minimum atomic E-state index is 0. The quantitative estimate of drug-likeness (QED) is 0.411. The molecule has 1 atom stereocenters. The molecule has 1 aromatic carbocycles. The first kappa shape index (κ1) is 19.3. The van der Waals surface area contributed by atoms with Crippen molar-refractivity contribution in [3.05, 3.63) is 42.1 Å². The van der Waals surface area contributed by atoms with Gasteiger partial charge in [0.25, 0.3) is 0 Å². The fraction of sp³-hybridized carbons (Fsp3) is 0.444. The Morgan fingerprint density at radius 2 is 2.12 bits per heavy atom. The Balaban J connectivity index is 0.00000208.